The van der Waals surface area contributed by atoms with Gasteiger partial charge in [0.25, 0.3) is 0 Å². The van der Waals surface area contributed by atoms with Crippen molar-refractivity contribution in [3.8, 4) is 0 Å². The Morgan fingerprint density at radius 1 is 1.15 bits per heavy atom. The van der Waals surface area contributed by atoms with Gasteiger partial charge in [-0.15, -0.1) is 0 Å². The van der Waals surface area contributed by atoms with Crippen LogP contribution in [0, 0.1) is 5.82 Å². The third-order valence-electron chi connectivity index (χ3n) is 3.07. The lowest BCUT2D eigenvalue weighted by atomic mass is 9.98. The summed E-state index contributed by atoms with van der Waals surface area (Å²) < 4.78 is 13.5. The predicted octanol–water partition coefficient (Wildman–Crippen LogP) is 3.27. The average molecular weight is 336 g/mol. The third kappa shape index (κ3) is 3.99. The topological polar surface area (TPSA) is 43.1 Å². The molecule has 2 aromatic carbocycles. The zero-order valence-electron chi connectivity index (χ0n) is 10.9. The standard InChI is InChI=1S/C16H15BrFNO/c17-13-8-12(6-7-14(13)18)10-16(20)15(19)9-11-4-2-1-3-5-11/h1-8,15H,9-10,19H2. The molecular weight excluding hydrogens is 321 g/mol. The van der Waals surface area contributed by atoms with Crippen molar-refractivity contribution in [2.24, 2.45) is 5.73 Å². The minimum absolute atomic E-state index is 0.0487. The first-order valence-electron chi connectivity index (χ1n) is 6.32. The SMILES string of the molecule is NC(Cc1ccccc1)C(=O)Cc1ccc(F)c(Br)c1. The number of ketones is 1. The first-order valence-corrected chi connectivity index (χ1v) is 7.11. The van der Waals surface area contributed by atoms with Crippen molar-refractivity contribution in [1.29, 1.82) is 0 Å². The second-order valence-corrected chi connectivity index (χ2v) is 5.54. The summed E-state index contributed by atoms with van der Waals surface area (Å²) >= 11 is 3.11. The molecule has 0 aromatic heterocycles. The van der Waals surface area contributed by atoms with Gasteiger partial charge in [-0.2, -0.15) is 0 Å². The summed E-state index contributed by atoms with van der Waals surface area (Å²) in [6.07, 6.45) is 0.731. The molecule has 0 aliphatic heterocycles. The molecule has 2 nitrogen and oxygen atoms in total. The fourth-order valence-electron chi connectivity index (χ4n) is 1.96. The largest absolute Gasteiger partial charge is 0.321 e. The van der Waals surface area contributed by atoms with Gasteiger partial charge in [0.2, 0.25) is 0 Å². The maximum Gasteiger partial charge on any atom is 0.154 e. The zero-order valence-corrected chi connectivity index (χ0v) is 12.4. The van der Waals surface area contributed by atoms with Gasteiger partial charge in [-0.1, -0.05) is 36.4 Å². The Balaban J connectivity index is 1.99. The van der Waals surface area contributed by atoms with E-state index in [4.69, 9.17) is 5.73 Å². The highest BCUT2D eigenvalue weighted by molar-refractivity contribution is 9.10. The molecule has 0 spiro atoms. The van der Waals surface area contributed by atoms with Crippen molar-refractivity contribution in [1.82, 2.24) is 0 Å². The van der Waals surface area contributed by atoms with Gasteiger partial charge in [-0.3, -0.25) is 4.79 Å². The number of nitrogens with two attached hydrogens (primary N) is 1. The van der Waals surface area contributed by atoms with Crippen LogP contribution in [-0.4, -0.2) is 11.8 Å². The molecule has 0 radical (unpaired) electrons. The molecule has 20 heavy (non-hydrogen) atoms. The van der Waals surface area contributed by atoms with Gasteiger partial charge in [0.15, 0.2) is 5.78 Å². The van der Waals surface area contributed by atoms with E-state index in [9.17, 15) is 9.18 Å². The molecular formula is C16H15BrFNO. The number of carbonyl (C=O) groups is 1. The van der Waals surface area contributed by atoms with Crippen molar-refractivity contribution >= 4 is 21.7 Å². The van der Waals surface area contributed by atoms with Crippen LogP contribution in [0.5, 0.6) is 0 Å². The highest BCUT2D eigenvalue weighted by Gasteiger charge is 2.15. The smallest absolute Gasteiger partial charge is 0.154 e. The average Bonchev–Trinajstić information content (AvgIpc) is 2.44. The summed E-state index contributed by atoms with van der Waals surface area (Å²) in [7, 11) is 0. The van der Waals surface area contributed by atoms with Crippen molar-refractivity contribution in [2.45, 2.75) is 18.9 Å². The monoisotopic (exact) mass is 335 g/mol. The molecule has 0 fully saturated rings. The quantitative estimate of drug-likeness (QED) is 0.911. The van der Waals surface area contributed by atoms with Crippen molar-refractivity contribution in [2.75, 3.05) is 0 Å². The summed E-state index contributed by atoms with van der Waals surface area (Å²) in [4.78, 5) is 12.1. The van der Waals surface area contributed by atoms with Crippen molar-refractivity contribution in [3.63, 3.8) is 0 Å². The van der Waals surface area contributed by atoms with E-state index in [-0.39, 0.29) is 18.0 Å². The van der Waals surface area contributed by atoms with E-state index >= 15 is 0 Å². The summed E-state index contributed by atoms with van der Waals surface area (Å²) in [5.41, 5.74) is 7.72. The number of hydrogen-bond acceptors (Lipinski definition) is 2. The summed E-state index contributed by atoms with van der Waals surface area (Å²) in [5, 5.41) is 0. The van der Waals surface area contributed by atoms with Crippen LogP contribution in [0.1, 0.15) is 11.1 Å². The van der Waals surface area contributed by atoms with E-state index in [1.807, 2.05) is 30.3 Å². The van der Waals surface area contributed by atoms with Crippen LogP contribution in [-0.2, 0) is 17.6 Å². The first-order chi connectivity index (χ1) is 9.56. The Kier molecular flexibility index (Phi) is 5.04. The van der Waals surface area contributed by atoms with Crippen LogP contribution < -0.4 is 5.73 Å². The Morgan fingerprint density at radius 3 is 2.50 bits per heavy atom. The lowest BCUT2D eigenvalue weighted by Crippen LogP contribution is -2.33. The van der Waals surface area contributed by atoms with Gasteiger partial charge in [0, 0.05) is 6.42 Å². The van der Waals surface area contributed by atoms with Gasteiger partial charge in [0.05, 0.1) is 10.5 Å². The predicted molar refractivity (Wildman–Crippen MR) is 80.9 cm³/mol. The maximum atomic E-state index is 13.1. The lowest BCUT2D eigenvalue weighted by molar-refractivity contribution is -0.119. The van der Waals surface area contributed by atoms with E-state index < -0.39 is 6.04 Å². The number of Topliss-reactive ketones (excluding diaryl/α,β-unsaturated/α-hetero) is 1. The minimum atomic E-state index is -0.541. The molecule has 0 heterocycles. The van der Waals surface area contributed by atoms with Crippen LogP contribution >= 0.6 is 15.9 Å². The summed E-state index contributed by atoms with van der Waals surface area (Å²) in [5.74, 6) is -0.387. The van der Waals surface area contributed by atoms with Crippen molar-refractivity contribution in [3.05, 3.63) is 69.9 Å². The molecule has 4 heteroatoms. The molecule has 2 aromatic rings. The first kappa shape index (κ1) is 14.9. The normalized spacial score (nSPS) is 12.2. The van der Waals surface area contributed by atoms with E-state index in [0.717, 1.165) is 11.1 Å². The molecule has 0 saturated carbocycles. The van der Waals surface area contributed by atoms with Gasteiger partial charge >= 0.3 is 0 Å². The van der Waals surface area contributed by atoms with Crippen LogP contribution in [0.2, 0.25) is 0 Å². The fraction of sp³-hybridized carbons (Fsp3) is 0.188. The number of carbonyl (C=O) groups excluding carboxylic acids is 1. The number of rotatable bonds is 5. The van der Waals surface area contributed by atoms with Gasteiger partial charge in [-0.25, -0.2) is 4.39 Å². The molecule has 1 unspecified atom stereocenters. The van der Waals surface area contributed by atoms with Crippen LogP contribution in [0.25, 0.3) is 0 Å². The van der Waals surface area contributed by atoms with Gasteiger partial charge < -0.3 is 5.73 Å². The molecule has 0 bridgehead atoms. The second-order valence-electron chi connectivity index (χ2n) is 4.69. The Hall–Kier alpha value is -1.52. The Bertz CT molecular complexity index is 601. The number of hydrogen-bond donors (Lipinski definition) is 1. The number of halogens is 2. The zero-order chi connectivity index (χ0) is 14.5. The van der Waals surface area contributed by atoms with E-state index in [1.54, 1.807) is 12.1 Å². The summed E-state index contributed by atoms with van der Waals surface area (Å²) in [6, 6.07) is 13.7. The molecule has 104 valence electrons. The molecule has 0 aliphatic carbocycles. The highest BCUT2D eigenvalue weighted by Crippen LogP contribution is 2.17. The van der Waals surface area contributed by atoms with Gasteiger partial charge in [0.1, 0.15) is 5.82 Å². The van der Waals surface area contributed by atoms with Crippen molar-refractivity contribution < 1.29 is 9.18 Å². The molecule has 0 amide bonds. The molecule has 2 rings (SSSR count). The van der Waals surface area contributed by atoms with E-state index in [2.05, 4.69) is 15.9 Å². The molecule has 0 aliphatic rings. The highest BCUT2D eigenvalue weighted by atomic mass is 79.9. The second kappa shape index (κ2) is 6.77. The molecule has 0 saturated heterocycles. The molecule has 2 N–H and O–H groups in total. The summed E-state index contributed by atoms with van der Waals surface area (Å²) in [6.45, 7) is 0. The van der Waals surface area contributed by atoms with E-state index in [1.165, 1.54) is 6.07 Å². The third-order valence-corrected chi connectivity index (χ3v) is 3.68. The maximum absolute atomic E-state index is 13.1. The minimum Gasteiger partial charge on any atom is -0.321 e. The van der Waals surface area contributed by atoms with Crippen LogP contribution in [0.3, 0.4) is 0 Å². The van der Waals surface area contributed by atoms with Crippen LogP contribution in [0.4, 0.5) is 4.39 Å². The van der Waals surface area contributed by atoms with Crippen LogP contribution in [0.15, 0.2) is 53.0 Å². The molecule has 1 atom stereocenters. The number of benzene rings is 2. The fourth-order valence-corrected chi connectivity index (χ4v) is 2.39. The lowest BCUT2D eigenvalue weighted by Gasteiger charge is -2.11. The Morgan fingerprint density at radius 2 is 1.85 bits per heavy atom. The van der Waals surface area contributed by atoms with E-state index in [0.29, 0.717) is 10.9 Å². The Labute approximate surface area is 125 Å². The van der Waals surface area contributed by atoms with Gasteiger partial charge in [-0.05, 0) is 45.6 Å².